The first-order valence-corrected chi connectivity index (χ1v) is 22.8. The molecule has 0 bridgehead atoms. The van der Waals surface area contributed by atoms with Gasteiger partial charge in [-0.15, -0.1) is 0 Å². The predicted molar refractivity (Wildman–Crippen MR) is 274 cm³/mol. The van der Waals surface area contributed by atoms with Crippen molar-refractivity contribution in [2.75, 3.05) is 9.80 Å². The van der Waals surface area contributed by atoms with E-state index in [0.717, 1.165) is 22.7 Å². The van der Waals surface area contributed by atoms with Crippen molar-refractivity contribution in [2.45, 2.75) is 52.4 Å². The van der Waals surface area contributed by atoms with Gasteiger partial charge in [0.1, 0.15) is 0 Å². The first kappa shape index (κ1) is 37.3. The molecule has 1 aromatic heterocycles. The fraction of sp³-hybridized carbons (Fsp3) is 0.133. The topological polar surface area (TPSA) is 11.4 Å². The molecule has 0 fully saturated rings. The molecule has 0 saturated carbocycles. The Balaban J connectivity index is 1.23. The first-order chi connectivity index (χ1) is 31.0. The molecule has 13 rings (SSSR count). The number of hydrogen-bond donors (Lipinski definition) is 0. The van der Waals surface area contributed by atoms with Gasteiger partial charge in [0.05, 0.1) is 16.7 Å². The van der Waals surface area contributed by atoms with Crippen molar-refractivity contribution in [1.29, 1.82) is 0 Å². The lowest BCUT2D eigenvalue weighted by atomic mass is 9.33. The molecule has 4 heteroatoms. The molecule has 3 heterocycles. The van der Waals surface area contributed by atoms with Crippen molar-refractivity contribution >= 4 is 89.8 Å². The molecule has 2 aliphatic heterocycles. The molecular formula is C60H48BN3. The molecule has 10 aromatic rings. The molecule has 0 atom stereocenters. The first-order valence-electron chi connectivity index (χ1n) is 22.8. The molecule has 0 amide bonds. The Labute approximate surface area is 375 Å². The minimum absolute atomic E-state index is 0.0118. The molecule has 0 radical (unpaired) electrons. The third-order valence-electron chi connectivity index (χ3n) is 14.4. The average Bonchev–Trinajstić information content (AvgIpc) is 3.60. The standard InChI is InChI=1S/C60H48BN3/c1-59(2,3)38-27-30-42(31-28-38)63-50-32-29-39(60(4,5)6)34-48(50)61-49-33-37-17-15-24-46-44-22-13-14-23-45(44)47-25-16-26-51-55(47)56(54(37)46)58(49)64(51)53-36-43(35-52(63)57(53)61)62(40-18-9-7-10-19-40)41-20-11-8-12-21-41/h7-36H,1-6H3. The van der Waals surface area contributed by atoms with Crippen LogP contribution in [0.2, 0.25) is 0 Å². The fourth-order valence-electron chi connectivity index (χ4n) is 11.4. The molecule has 3 aliphatic rings. The summed E-state index contributed by atoms with van der Waals surface area (Å²) in [7, 11) is 0. The van der Waals surface area contributed by atoms with E-state index in [1.165, 1.54) is 99.4 Å². The van der Waals surface area contributed by atoms with E-state index in [1.807, 2.05) is 0 Å². The molecule has 306 valence electrons. The number of benzene rings is 9. The normalized spacial score (nSPS) is 13.4. The largest absolute Gasteiger partial charge is 0.311 e. The zero-order valence-corrected chi connectivity index (χ0v) is 37.2. The van der Waals surface area contributed by atoms with E-state index >= 15 is 0 Å². The second-order valence-corrected chi connectivity index (χ2v) is 20.2. The highest BCUT2D eigenvalue weighted by atomic mass is 15.2. The molecule has 1 aliphatic carbocycles. The molecule has 9 aromatic carbocycles. The van der Waals surface area contributed by atoms with Gasteiger partial charge in [-0.3, -0.25) is 0 Å². The highest BCUT2D eigenvalue weighted by molar-refractivity contribution is 7.00. The van der Waals surface area contributed by atoms with Crippen molar-refractivity contribution in [3.05, 3.63) is 193 Å². The maximum atomic E-state index is 2.65. The van der Waals surface area contributed by atoms with Gasteiger partial charge in [0.2, 0.25) is 0 Å². The maximum Gasteiger partial charge on any atom is 0.252 e. The van der Waals surface area contributed by atoms with E-state index in [0.29, 0.717) is 0 Å². The number of nitrogens with zero attached hydrogens (tertiary/aromatic N) is 3. The molecular weight excluding hydrogens is 773 g/mol. The van der Waals surface area contributed by atoms with Gasteiger partial charge in [0.15, 0.2) is 0 Å². The van der Waals surface area contributed by atoms with Gasteiger partial charge in [-0.05, 0) is 132 Å². The maximum absolute atomic E-state index is 2.65. The zero-order chi connectivity index (χ0) is 43.2. The molecule has 0 N–H and O–H groups in total. The highest BCUT2D eigenvalue weighted by Gasteiger charge is 2.44. The van der Waals surface area contributed by atoms with Gasteiger partial charge < -0.3 is 14.4 Å². The summed E-state index contributed by atoms with van der Waals surface area (Å²) in [5.74, 6) is 0. The van der Waals surface area contributed by atoms with Gasteiger partial charge in [0, 0.05) is 44.9 Å². The van der Waals surface area contributed by atoms with E-state index in [4.69, 9.17) is 0 Å². The van der Waals surface area contributed by atoms with E-state index in [1.54, 1.807) is 0 Å². The van der Waals surface area contributed by atoms with Crippen molar-refractivity contribution in [1.82, 2.24) is 4.57 Å². The van der Waals surface area contributed by atoms with E-state index in [2.05, 4.69) is 238 Å². The number of hydrogen-bond acceptors (Lipinski definition) is 2. The van der Waals surface area contributed by atoms with E-state index < -0.39 is 0 Å². The van der Waals surface area contributed by atoms with Crippen LogP contribution in [0.15, 0.2) is 182 Å². The van der Waals surface area contributed by atoms with Crippen LogP contribution in [0.3, 0.4) is 0 Å². The minimum atomic E-state index is -0.0380. The lowest BCUT2D eigenvalue weighted by molar-refractivity contribution is 0.590. The SMILES string of the molecule is CC(C)(C)c1ccc(N2c3ccc(C(C)(C)C)cc3B3c4c2cc(N(c2ccccc2)c2ccccc2)cc4-n2c4cccc5c4c4c6c(cccc6cc3c42)-c2ccccc2-5)cc1. The molecule has 0 unspecified atom stereocenters. The van der Waals surface area contributed by atoms with Crippen molar-refractivity contribution < 1.29 is 0 Å². The van der Waals surface area contributed by atoms with Crippen LogP contribution in [-0.4, -0.2) is 11.3 Å². The minimum Gasteiger partial charge on any atom is -0.311 e. The number of aromatic nitrogens is 1. The Bertz CT molecular complexity index is 3530. The Morgan fingerprint density at radius 1 is 0.422 bits per heavy atom. The van der Waals surface area contributed by atoms with Crippen LogP contribution < -0.4 is 26.2 Å². The molecule has 0 spiro atoms. The number of fused-ring (bicyclic) bond motifs is 8. The Morgan fingerprint density at radius 2 is 1.00 bits per heavy atom. The third-order valence-corrected chi connectivity index (χ3v) is 14.4. The summed E-state index contributed by atoms with van der Waals surface area (Å²) in [6, 6.07) is 69.0. The number of para-hydroxylation sites is 2. The van der Waals surface area contributed by atoms with Crippen molar-refractivity contribution in [2.24, 2.45) is 0 Å². The summed E-state index contributed by atoms with van der Waals surface area (Å²) < 4.78 is 2.65. The monoisotopic (exact) mass is 821 g/mol. The Morgan fingerprint density at radius 3 is 1.66 bits per heavy atom. The second kappa shape index (κ2) is 13.1. The molecule has 64 heavy (non-hydrogen) atoms. The van der Waals surface area contributed by atoms with E-state index in [-0.39, 0.29) is 17.5 Å². The van der Waals surface area contributed by atoms with Gasteiger partial charge in [0.25, 0.3) is 6.71 Å². The van der Waals surface area contributed by atoms with Crippen LogP contribution in [0, 0.1) is 0 Å². The predicted octanol–water partition coefficient (Wildman–Crippen LogP) is 14.3. The quantitative estimate of drug-likeness (QED) is 0.164. The fourth-order valence-corrected chi connectivity index (χ4v) is 11.4. The number of anilines is 6. The van der Waals surface area contributed by atoms with Crippen molar-refractivity contribution in [3.8, 4) is 27.9 Å². The highest BCUT2D eigenvalue weighted by Crippen LogP contribution is 2.52. The second-order valence-electron chi connectivity index (χ2n) is 20.2. The summed E-state index contributed by atoms with van der Waals surface area (Å²) in [5, 5.41) is 5.33. The summed E-state index contributed by atoms with van der Waals surface area (Å²) in [6.07, 6.45) is 0. The summed E-state index contributed by atoms with van der Waals surface area (Å²) in [6.45, 7) is 13.9. The molecule has 3 nitrogen and oxygen atoms in total. The van der Waals surface area contributed by atoms with Crippen LogP contribution in [0.4, 0.5) is 34.1 Å². The third kappa shape index (κ3) is 5.17. The Kier molecular flexibility index (Phi) is 7.64. The molecule has 0 saturated heterocycles. The summed E-state index contributed by atoms with van der Waals surface area (Å²) in [4.78, 5) is 5.01. The van der Waals surface area contributed by atoms with Gasteiger partial charge in [-0.1, -0.05) is 163 Å². The van der Waals surface area contributed by atoms with Crippen LogP contribution in [0.25, 0.3) is 60.5 Å². The summed E-state index contributed by atoms with van der Waals surface area (Å²) in [5.41, 5.74) is 22.6. The van der Waals surface area contributed by atoms with E-state index in [9.17, 15) is 0 Å². The Hall–Kier alpha value is -7.30. The van der Waals surface area contributed by atoms with Gasteiger partial charge in [-0.25, -0.2) is 0 Å². The van der Waals surface area contributed by atoms with Crippen LogP contribution in [0.1, 0.15) is 52.7 Å². The van der Waals surface area contributed by atoms with Crippen LogP contribution in [0.5, 0.6) is 0 Å². The zero-order valence-electron chi connectivity index (χ0n) is 37.2. The summed E-state index contributed by atoms with van der Waals surface area (Å²) >= 11 is 0. The van der Waals surface area contributed by atoms with Crippen LogP contribution >= 0.6 is 0 Å². The number of rotatable bonds is 4. The van der Waals surface area contributed by atoms with Crippen molar-refractivity contribution in [3.63, 3.8) is 0 Å². The lowest BCUT2D eigenvalue weighted by Crippen LogP contribution is -2.60. The van der Waals surface area contributed by atoms with Gasteiger partial charge >= 0.3 is 0 Å². The smallest absolute Gasteiger partial charge is 0.252 e. The average molecular weight is 822 g/mol. The van der Waals surface area contributed by atoms with Gasteiger partial charge in [-0.2, -0.15) is 0 Å². The van der Waals surface area contributed by atoms with Crippen LogP contribution in [-0.2, 0) is 10.8 Å². The lowest BCUT2D eigenvalue weighted by Gasteiger charge is -2.42.